The lowest BCUT2D eigenvalue weighted by molar-refractivity contribution is -0.128. The Labute approximate surface area is 126 Å². The molecule has 1 fully saturated rings. The number of hydrogen-bond donors (Lipinski definition) is 2. The fraction of sp³-hybridized carbons (Fsp3) is 0.733. The molecular weight excluding hydrogens is 266 g/mol. The minimum Gasteiger partial charge on any atom is -0.355 e. The van der Waals surface area contributed by atoms with Crippen LogP contribution in [0.4, 0.5) is 0 Å². The monoisotopic (exact) mass is 293 g/mol. The third-order valence-corrected chi connectivity index (χ3v) is 4.42. The van der Waals surface area contributed by atoms with E-state index in [0.29, 0.717) is 13.1 Å². The normalized spacial score (nSPS) is 21.3. The summed E-state index contributed by atoms with van der Waals surface area (Å²) in [6.07, 6.45) is 0. The lowest BCUT2D eigenvalue weighted by atomic mass is 10.0. The summed E-state index contributed by atoms with van der Waals surface area (Å²) >= 11 is 0. The van der Waals surface area contributed by atoms with E-state index in [-0.39, 0.29) is 18.0 Å². The van der Waals surface area contributed by atoms with E-state index in [2.05, 4.69) is 34.5 Å². The van der Waals surface area contributed by atoms with Gasteiger partial charge in [-0.2, -0.15) is 5.10 Å². The van der Waals surface area contributed by atoms with Gasteiger partial charge in [0.15, 0.2) is 0 Å². The van der Waals surface area contributed by atoms with Crippen molar-refractivity contribution < 1.29 is 4.79 Å². The molecule has 118 valence electrons. The summed E-state index contributed by atoms with van der Waals surface area (Å²) in [4.78, 5) is 14.6. The van der Waals surface area contributed by atoms with Crippen LogP contribution in [0.25, 0.3) is 0 Å². The van der Waals surface area contributed by atoms with Gasteiger partial charge in [-0.05, 0) is 27.7 Å². The predicted octanol–water partition coefficient (Wildman–Crippen LogP) is 0.508. The Morgan fingerprint density at radius 1 is 1.52 bits per heavy atom. The topological polar surface area (TPSA) is 62.2 Å². The fourth-order valence-corrected chi connectivity index (χ4v) is 3.28. The van der Waals surface area contributed by atoms with Crippen molar-refractivity contribution in [2.45, 2.75) is 39.8 Å². The highest BCUT2D eigenvalue weighted by atomic mass is 16.2. The number of likely N-dealkylation sites (N-methyl/N-ethyl adjacent to an activating group) is 1. The Morgan fingerprint density at radius 2 is 2.24 bits per heavy atom. The van der Waals surface area contributed by atoms with Crippen LogP contribution in [0.1, 0.15) is 36.8 Å². The summed E-state index contributed by atoms with van der Waals surface area (Å²) in [7, 11) is 1.97. The van der Waals surface area contributed by atoms with Gasteiger partial charge < -0.3 is 10.6 Å². The van der Waals surface area contributed by atoms with Crippen molar-refractivity contribution in [3.05, 3.63) is 17.0 Å². The van der Waals surface area contributed by atoms with Crippen molar-refractivity contribution in [3.8, 4) is 0 Å². The van der Waals surface area contributed by atoms with Gasteiger partial charge in [0.2, 0.25) is 5.91 Å². The van der Waals surface area contributed by atoms with E-state index in [9.17, 15) is 4.79 Å². The fourth-order valence-electron chi connectivity index (χ4n) is 3.28. The minimum absolute atomic E-state index is 0.107. The van der Waals surface area contributed by atoms with Crippen molar-refractivity contribution in [1.29, 1.82) is 0 Å². The zero-order valence-electron chi connectivity index (χ0n) is 13.7. The summed E-state index contributed by atoms with van der Waals surface area (Å²) in [5.74, 6) is 0.107. The Kier molecular flexibility index (Phi) is 5.00. The van der Waals surface area contributed by atoms with Crippen molar-refractivity contribution in [3.63, 3.8) is 0 Å². The summed E-state index contributed by atoms with van der Waals surface area (Å²) < 4.78 is 1.92. The van der Waals surface area contributed by atoms with Gasteiger partial charge in [-0.25, -0.2) is 0 Å². The Morgan fingerprint density at radius 3 is 2.81 bits per heavy atom. The molecule has 1 aromatic rings. The molecule has 0 aliphatic carbocycles. The molecule has 0 saturated carbocycles. The predicted molar refractivity (Wildman–Crippen MR) is 83.1 cm³/mol. The maximum absolute atomic E-state index is 12.3. The molecule has 1 saturated heterocycles. The van der Waals surface area contributed by atoms with Crippen LogP contribution >= 0.6 is 0 Å². The maximum Gasteiger partial charge on any atom is 0.238 e. The highest BCUT2D eigenvalue weighted by Crippen LogP contribution is 2.28. The third kappa shape index (κ3) is 3.11. The molecule has 0 bridgehead atoms. The van der Waals surface area contributed by atoms with Gasteiger partial charge in [0.25, 0.3) is 0 Å². The number of carbonyl (C=O) groups excluding carboxylic acids is 1. The van der Waals surface area contributed by atoms with Crippen LogP contribution in [0.3, 0.4) is 0 Å². The SMILES string of the molecule is CCNC(=O)C1CNCCN1C(C)c1c(C)nn(C)c1C. The van der Waals surface area contributed by atoms with E-state index >= 15 is 0 Å². The standard InChI is InChI=1S/C15H27N5O/c1-6-17-15(21)13-9-16-7-8-20(13)12(4)14-10(2)18-19(5)11(14)3/h12-13,16H,6-9H2,1-5H3,(H,17,21). The molecule has 0 spiro atoms. The first-order valence-electron chi connectivity index (χ1n) is 7.71. The lowest BCUT2D eigenvalue weighted by Crippen LogP contribution is -2.58. The van der Waals surface area contributed by atoms with E-state index in [4.69, 9.17) is 0 Å². The molecule has 21 heavy (non-hydrogen) atoms. The summed E-state index contributed by atoms with van der Waals surface area (Å²) in [6.45, 7) is 11.4. The van der Waals surface area contributed by atoms with Gasteiger partial charge >= 0.3 is 0 Å². The van der Waals surface area contributed by atoms with Crippen molar-refractivity contribution in [2.24, 2.45) is 7.05 Å². The summed E-state index contributed by atoms with van der Waals surface area (Å²) in [6, 6.07) is 0.0705. The summed E-state index contributed by atoms with van der Waals surface area (Å²) in [5, 5.41) is 10.8. The molecular formula is C15H27N5O. The zero-order valence-corrected chi connectivity index (χ0v) is 13.7. The number of rotatable bonds is 4. The Balaban J connectivity index is 2.26. The maximum atomic E-state index is 12.3. The highest BCUT2D eigenvalue weighted by Gasteiger charge is 2.33. The molecule has 0 aromatic carbocycles. The summed E-state index contributed by atoms with van der Waals surface area (Å²) in [5.41, 5.74) is 3.47. The average Bonchev–Trinajstić information content (AvgIpc) is 2.72. The van der Waals surface area contributed by atoms with E-state index in [1.165, 1.54) is 11.3 Å². The van der Waals surface area contributed by atoms with Crippen LogP contribution in [-0.4, -0.2) is 52.8 Å². The zero-order chi connectivity index (χ0) is 15.6. The Hall–Kier alpha value is -1.40. The van der Waals surface area contributed by atoms with Gasteiger partial charge in [0.1, 0.15) is 6.04 Å². The first kappa shape index (κ1) is 16.0. The second-order valence-electron chi connectivity index (χ2n) is 5.74. The number of nitrogens with one attached hydrogen (secondary N) is 2. The number of aryl methyl sites for hydroxylation is 2. The van der Waals surface area contributed by atoms with Gasteiger partial charge in [0, 0.05) is 50.5 Å². The largest absolute Gasteiger partial charge is 0.355 e. The van der Waals surface area contributed by atoms with Crippen LogP contribution in [0.15, 0.2) is 0 Å². The number of aromatic nitrogens is 2. The van der Waals surface area contributed by atoms with E-state index in [1.54, 1.807) is 0 Å². The van der Waals surface area contributed by atoms with Gasteiger partial charge in [-0.1, -0.05) is 0 Å². The van der Waals surface area contributed by atoms with Crippen LogP contribution in [0.2, 0.25) is 0 Å². The van der Waals surface area contributed by atoms with E-state index in [1.807, 2.05) is 25.6 Å². The van der Waals surface area contributed by atoms with Crippen LogP contribution in [0, 0.1) is 13.8 Å². The molecule has 2 N–H and O–H groups in total. The van der Waals surface area contributed by atoms with Crippen LogP contribution in [0.5, 0.6) is 0 Å². The number of hydrogen-bond acceptors (Lipinski definition) is 4. The van der Waals surface area contributed by atoms with Gasteiger partial charge in [0.05, 0.1) is 5.69 Å². The first-order valence-corrected chi connectivity index (χ1v) is 7.71. The highest BCUT2D eigenvalue weighted by molar-refractivity contribution is 5.82. The van der Waals surface area contributed by atoms with Crippen LogP contribution in [-0.2, 0) is 11.8 Å². The third-order valence-electron chi connectivity index (χ3n) is 4.42. The molecule has 6 heteroatoms. The smallest absolute Gasteiger partial charge is 0.238 e. The van der Waals surface area contributed by atoms with Gasteiger partial charge in [-0.15, -0.1) is 0 Å². The van der Waals surface area contributed by atoms with Crippen LogP contribution < -0.4 is 10.6 Å². The van der Waals surface area contributed by atoms with Gasteiger partial charge in [-0.3, -0.25) is 14.4 Å². The molecule has 2 heterocycles. The molecule has 0 radical (unpaired) electrons. The first-order chi connectivity index (χ1) is 9.97. The van der Waals surface area contributed by atoms with Crippen molar-refractivity contribution >= 4 is 5.91 Å². The number of piperazine rings is 1. The molecule has 1 aliphatic rings. The molecule has 1 aromatic heterocycles. The minimum atomic E-state index is -0.118. The number of amides is 1. The molecule has 1 amide bonds. The van der Waals surface area contributed by atoms with E-state index < -0.39 is 0 Å². The number of carbonyl (C=O) groups is 1. The molecule has 6 nitrogen and oxygen atoms in total. The second kappa shape index (κ2) is 6.58. The molecule has 2 atom stereocenters. The second-order valence-corrected chi connectivity index (χ2v) is 5.74. The lowest BCUT2D eigenvalue weighted by Gasteiger charge is -2.39. The van der Waals surface area contributed by atoms with Crippen molar-refractivity contribution in [2.75, 3.05) is 26.2 Å². The quantitative estimate of drug-likeness (QED) is 0.849. The number of nitrogens with zero attached hydrogens (tertiary/aromatic N) is 3. The van der Waals surface area contributed by atoms with Crippen molar-refractivity contribution in [1.82, 2.24) is 25.3 Å². The Bertz CT molecular complexity index is 510. The molecule has 2 rings (SSSR count). The molecule has 1 aliphatic heterocycles. The molecule has 2 unspecified atom stereocenters. The average molecular weight is 293 g/mol. The van der Waals surface area contributed by atoms with E-state index in [0.717, 1.165) is 18.8 Å².